The first-order chi connectivity index (χ1) is 9.63. The number of carbonyl (C=O) groups is 2. The lowest BCUT2D eigenvalue weighted by atomic mass is 10.1. The van der Waals surface area contributed by atoms with Crippen LogP contribution < -0.4 is 16.4 Å². The standard InChI is InChI=1S/C14H12N4O2/c15-14(20)17-9-3-4-10-11(6-8-2-1-5-16-8)13(19)18-12(10)7-9/h1-7,16H,(H,18,19)(H3,15,17,20). The number of aromatic amines is 1. The molecular weight excluding hydrogens is 256 g/mol. The zero-order valence-corrected chi connectivity index (χ0v) is 10.4. The summed E-state index contributed by atoms with van der Waals surface area (Å²) in [6, 6.07) is 8.24. The second-order valence-corrected chi connectivity index (χ2v) is 4.39. The van der Waals surface area contributed by atoms with Gasteiger partial charge in [-0.3, -0.25) is 4.79 Å². The molecule has 5 N–H and O–H groups in total. The highest BCUT2D eigenvalue weighted by Gasteiger charge is 2.24. The summed E-state index contributed by atoms with van der Waals surface area (Å²) in [7, 11) is 0. The first-order valence-electron chi connectivity index (χ1n) is 6.01. The van der Waals surface area contributed by atoms with Crippen molar-refractivity contribution in [2.24, 2.45) is 5.73 Å². The van der Waals surface area contributed by atoms with E-state index in [-0.39, 0.29) is 5.91 Å². The largest absolute Gasteiger partial charge is 0.362 e. The summed E-state index contributed by atoms with van der Waals surface area (Å²) < 4.78 is 0. The maximum atomic E-state index is 12.0. The highest BCUT2D eigenvalue weighted by molar-refractivity contribution is 6.35. The first kappa shape index (κ1) is 12.0. The van der Waals surface area contributed by atoms with Gasteiger partial charge in [-0.1, -0.05) is 6.07 Å². The molecule has 3 rings (SSSR count). The van der Waals surface area contributed by atoms with Crippen molar-refractivity contribution < 1.29 is 9.59 Å². The van der Waals surface area contributed by atoms with Gasteiger partial charge in [-0.25, -0.2) is 4.79 Å². The minimum absolute atomic E-state index is 0.175. The Bertz CT molecular complexity index is 717. The van der Waals surface area contributed by atoms with Gasteiger partial charge in [0.1, 0.15) is 0 Å². The van der Waals surface area contributed by atoms with Gasteiger partial charge in [0.15, 0.2) is 0 Å². The van der Waals surface area contributed by atoms with Crippen LogP contribution >= 0.6 is 0 Å². The summed E-state index contributed by atoms with van der Waals surface area (Å²) >= 11 is 0. The third kappa shape index (κ3) is 2.14. The predicted molar refractivity (Wildman–Crippen MR) is 76.9 cm³/mol. The van der Waals surface area contributed by atoms with Crippen molar-refractivity contribution >= 4 is 35.0 Å². The van der Waals surface area contributed by atoms with Gasteiger partial charge in [0.05, 0.1) is 11.3 Å². The fourth-order valence-electron chi connectivity index (χ4n) is 2.15. The van der Waals surface area contributed by atoms with Gasteiger partial charge in [0.25, 0.3) is 5.91 Å². The topological polar surface area (TPSA) is 100 Å². The monoisotopic (exact) mass is 268 g/mol. The molecule has 2 heterocycles. The van der Waals surface area contributed by atoms with E-state index in [4.69, 9.17) is 5.73 Å². The Labute approximate surface area is 114 Å². The molecule has 6 nitrogen and oxygen atoms in total. The number of carbonyl (C=O) groups excluding carboxylic acids is 2. The summed E-state index contributed by atoms with van der Waals surface area (Å²) in [6.07, 6.45) is 3.57. The lowest BCUT2D eigenvalue weighted by Gasteiger charge is -2.04. The van der Waals surface area contributed by atoms with Gasteiger partial charge in [0, 0.05) is 23.1 Å². The van der Waals surface area contributed by atoms with Crippen LogP contribution in [0.1, 0.15) is 11.3 Å². The smallest absolute Gasteiger partial charge is 0.316 e. The highest BCUT2D eigenvalue weighted by atomic mass is 16.2. The van der Waals surface area contributed by atoms with Gasteiger partial charge < -0.3 is 21.4 Å². The Hall–Kier alpha value is -3.02. The number of hydrogen-bond acceptors (Lipinski definition) is 2. The number of fused-ring (bicyclic) bond motifs is 1. The number of nitrogens with two attached hydrogens (primary N) is 1. The first-order valence-corrected chi connectivity index (χ1v) is 6.01. The number of nitrogens with one attached hydrogen (secondary N) is 3. The molecular formula is C14H12N4O2. The number of anilines is 2. The molecule has 1 aliphatic rings. The normalized spacial score (nSPS) is 15.0. The number of H-pyrrole nitrogens is 1. The zero-order chi connectivity index (χ0) is 14.1. The molecule has 2 aromatic rings. The van der Waals surface area contributed by atoms with E-state index in [1.165, 1.54) is 0 Å². The third-order valence-electron chi connectivity index (χ3n) is 2.99. The number of rotatable bonds is 2. The van der Waals surface area contributed by atoms with Crippen molar-refractivity contribution in [2.45, 2.75) is 0 Å². The molecule has 3 amide bonds. The molecule has 0 fully saturated rings. The van der Waals surface area contributed by atoms with Crippen LogP contribution in [-0.2, 0) is 4.79 Å². The van der Waals surface area contributed by atoms with Crippen LogP contribution in [0.2, 0.25) is 0 Å². The van der Waals surface area contributed by atoms with Crippen LogP contribution in [0.25, 0.3) is 11.6 Å². The second kappa shape index (κ2) is 4.58. The van der Waals surface area contributed by atoms with Crippen molar-refractivity contribution in [3.8, 4) is 0 Å². The third-order valence-corrected chi connectivity index (χ3v) is 2.99. The second-order valence-electron chi connectivity index (χ2n) is 4.39. The molecule has 6 heteroatoms. The summed E-state index contributed by atoms with van der Waals surface area (Å²) in [6.45, 7) is 0. The number of hydrogen-bond donors (Lipinski definition) is 4. The summed E-state index contributed by atoms with van der Waals surface area (Å²) in [5.41, 5.74) is 8.47. The lowest BCUT2D eigenvalue weighted by molar-refractivity contribution is -0.110. The maximum Gasteiger partial charge on any atom is 0.316 e. The average Bonchev–Trinajstić information content (AvgIpc) is 2.98. The molecule has 0 saturated heterocycles. The van der Waals surface area contributed by atoms with Crippen LogP contribution in [0, 0.1) is 0 Å². The number of urea groups is 1. The van der Waals surface area contributed by atoms with Gasteiger partial charge in [-0.2, -0.15) is 0 Å². The molecule has 1 aromatic heterocycles. The quantitative estimate of drug-likeness (QED) is 0.626. The minimum Gasteiger partial charge on any atom is -0.362 e. The van der Waals surface area contributed by atoms with Crippen molar-refractivity contribution in [3.63, 3.8) is 0 Å². The van der Waals surface area contributed by atoms with Crippen molar-refractivity contribution in [2.75, 3.05) is 10.6 Å². The molecule has 0 radical (unpaired) electrons. The van der Waals surface area contributed by atoms with Crippen molar-refractivity contribution in [1.29, 1.82) is 0 Å². The van der Waals surface area contributed by atoms with Gasteiger partial charge in [-0.05, 0) is 30.3 Å². The lowest BCUT2D eigenvalue weighted by Crippen LogP contribution is -2.19. The number of amides is 3. The Morgan fingerprint density at radius 2 is 2.15 bits per heavy atom. The summed E-state index contributed by atoms with van der Waals surface area (Å²) in [5.74, 6) is -0.175. The molecule has 1 aliphatic heterocycles. The molecule has 0 spiro atoms. The Morgan fingerprint density at radius 3 is 2.85 bits per heavy atom. The zero-order valence-electron chi connectivity index (χ0n) is 10.4. The highest BCUT2D eigenvalue weighted by Crippen LogP contribution is 2.34. The van der Waals surface area contributed by atoms with Crippen LogP contribution in [0.5, 0.6) is 0 Å². The Morgan fingerprint density at radius 1 is 1.30 bits per heavy atom. The van der Waals surface area contributed by atoms with Crippen LogP contribution in [-0.4, -0.2) is 16.9 Å². The SMILES string of the molecule is NC(=O)Nc1ccc2c(c1)NC(=O)C2=Cc1ccc[nH]1. The predicted octanol–water partition coefficient (Wildman–Crippen LogP) is 2.00. The summed E-state index contributed by atoms with van der Waals surface area (Å²) in [5, 5.41) is 5.23. The van der Waals surface area contributed by atoms with E-state index in [0.29, 0.717) is 16.9 Å². The van der Waals surface area contributed by atoms with Crippen LogP contribution in [0.3, 0.4) is 0 Å². The van der Waals surface area contributed by atoms with Crippen molar-refractivity contribution in [3.05, 3.63) is 47.8 Å². The summed E-state index contributed by atoms with van der Waals surface area (Å²) in [4.78, 5) is 25.8. The molecule has 0 aliphatic carbocycles. The average molecular weight is 268 g/mol. The molecule has 1 aromatic carbocycles. The van der Waals surface area contributed by atoms with E-state index in [1.54, 1.807) is 30.5 Å². The number of primary amides is 1. The van der Waals surface area contributed by atoms with Gasteiger partial charge in [-0.15, -0.1) is 0 Å². The number of benzene rings is 1. The molecule has 100 valence electrons. The van der Waals surface area contributed by atoms with Crippen LogP contribution in [0.4, 0.5) is 16.2 Å². The fraction of sp³-hybridized carbons (Fsp3) is 0. The molecule has 0 bridgehead atoms. The fourth-order valence-corrected chi connectivity index (χ4v) is 2.15. The minimum atomic E-state index is -0.642. The van der Waals surface area contributed by atoms with E-state index in [9.17, 15) is 9.59 Å². The van der Waals surface area contributed by atoms with E-state index >= 15 is 0 Å². The van der Waals surface area contributed by atoms with Crippen LogP contribution in [0.15, 0.2) is 36.5 Å². The van der Waals surface area contributed by atoms with E-state index in [1.807, 2.05) is 12.1 Å². The maximum absolute atomic E-state index is 12.0. The molecule has 0 saturated carbocycles. The van der Waals surface area contributed by atoms with E-state index in [2.05, 4.69) is 15.6 Å². The van der Waals surface area contributed by atoms with Gasteiger partial charge >= 0.3 is 6.03 Å². The molecule has 0 unspecified atom stereocenters. The number of aromatic nitrogens is 1. The van der Waals surface area contributed by atoms with E-state index < -0.39 is 6.03 Å². The Kier molecular flexibility index (Phi) is 2.76. The van der Waals surface area contributed by atoms with Crippen molar-refractivity contribution in [1.82, 2.24) is 4.98 Å². The Balaban J connectivity index is 1.99. The van der Waals surface area contributed by atoms with E-state index in [0.717, 1.165) is 11.3 Å². The van der Waals surface area contributed by atoms with Gasteiger partial charge in [0.2, 0.25) is 0 Å². The molecule has 20 heavy (non-hydrogen) atoms. The molecule has 0 atom stereocenters.